The summed E-state index contributed by atoms with van der Waals surface area (Å²) < 4.78 is 0. The third-order valence-electron chi connectivity index (χ3n) is 3.65. The summed E-state index contributed by atoms with van der Waals surface area (Å²) in [6, 6.07) is 9.32. The van der Waals surface area contributed by atoms with E-state index >= 15 is 0 Å². The van der Waals surface area contributed by atoms with Crippen LogP contribution in [0.15, 0.2) is 24.3 Å². The van der Waals surface area contributed by atoms with Crippen LogP contribution in [0, 0.1) is 6.92 Å². The zero-order valence-corrected chi connectivity index (χ0v) is 13.1. The molecule has 1 rings (SSSR count). The van der Waals surface area contributed by atoms with Gasteiger partial charge in [-0.15, -0.1) is 0 Å². The van der Waals surface area contributed by atoms with Gasteiger partial charge < -0.3 is 10.2 Å². The smallest absolute Gasteiger partial charge is 0.0395 e. The first-order valence-corrected chi connectivity index (χ1v) is 7.73. The Morgan fingerprint density at radius 2 is 1.95 bits per heavy atom. The Morgan fingerprint density at radius 3 is 2.58 bits per heavy atom. The zero-order valence-electron chi connectivity index (χ0n) is 13.1. The molecule has 1 unspecified atom stereocenters. The van der Waals surface area contributed by atoms with Gasteiger partial charge in [0.05, 0.1) is 0 Å². The molecule has 0 amide bonds. The highest BCUT2D eigenvalue weighted by Gasteiger charge is 2.07. The number of rotatable bonds is 9. The van der Waals surface area contributed by atoms with Crippen LogP contribution in [0.25, 0.3) is 0 Å². The predicted octanol–water partition coefficient (Wildman–Crippen LogP) is 3.99. The summed E-state index contributed by atoms with van der Waals surface area (Å²) in [6.07, 6.45) is 3.72. The van der Waals surface area contributed by atoms with Crippen molar-refractivity contribution < 1.29 is 0 Å². The average Bonchev–Trinajstić information content (AvgIpc) is 2.42. The lowest BCUT2D eigenvalue weighted by Gasteiger charge is -2.25. The van der Waals surface area contributed by atoms with Gasteiger partial charge in [0, 0.05) is 24.8 Å². The Bertz CT molecular complexity index is 349. The molecule has 108 valence electrons. The number of aryl methyl sites for hydroxylation is 1. The Labute approximate surface area is 119 Å². The van der Waals surface area contributed by atoms with Gasteiger partial charge in [0.15, 0.2) is 0 Å². The van der Waals surface area contributed by atoms with Crippen LogP contribution in [0.4, 0.5) is 5.69 Å². The minimum atomic E-state index is 0.635. The molecule has 2 nitrogen and oxygen atoms in total. The highest BCUT2D eigenvalue weighted by Crippen LogP contribution is 2.19. The molecule has 0 radical (unpaired) electrons. The minimum Gasteiger partial charge on any atom is -0.372 e. The lowest BCUT2D eigenvalue weighted by atomic mass is 10.1. The Hall–Kier alpha value is -1.02. The van der Waals surface area contributed by atoms with Gasteiger partial charge in [0.1, 0.15) is 0 Å². The van der Waals surface area contributed by atoms with E-state index < -0.39 is 0 Å². The van der Waals surface area contributed by atoms with Crippen molar-refractivity contribution in [3.05, 3.63) is 29.8 Å². The minimum absolute atomic E-state index is 0.635. The fourth-order valence-corrected chi connectivity index (χ4v) is 2.45. The van der Waals surface area contributed by atoms with Gasteiger partial charge >= 0.3 is 0 Å². The number of anilines is 1. The average molecular weight is 262 g/mol. The van der Waals surface area contributed by atoms with Gasteiger partial charge in [-0.3, -0.25) is 0 Å². The van der Waals surface area contributed by atoms with Crippen molar-refractivity contribution in [1.82, 2.24) is 5.32 Å². The molecule has 0 saturated heterocycles. The molecule has 1 N–H and O–H groups in total. The van der Waals surface area contributed by atoms with E-state index in [4.69, 9.17) is 0 Å². The molecule has 0 bridgehead atoms. The maximum absolute atomic E-state index is 3.56. The van der Waals surface area contributed by atoms with Crippen LogP contribution in [0.2, 0.25) is 0 Å². The fourth-order valence-electron chi connectivity index (χ4n) is 2.45. The van der Waals surface area contributed by atoms with E-state index in [-0.39, 0.29) is 0 Å². The number of nitrogens with one attached hydrogen (secondary N) is 1. The van der Waals surface area contributed by atoms with E-state index in [1.807, 2.05) is 0 Å². The summed E-state index contributed by atoms with van der Waals surface area (Å²) in [4.78, 5) is 2.49. The molecule has 0 aromatic heterocycles. The zero-order chi connectivity index (χ0) is 14.1. The number of hydrogen-bond acceptors (Lipinski definition) is 2. The van der Waals surface area contributed by atoms with Gasteiger partial charge in [-0.25, -0.2) is 0 Å². The summed E-state index contributed by atoms with van der Waals surface area (Å²) in [5.41, 5.74) is 2.76. The summed E-state index contributed by atoms with van der Waals surface area (Å²) in [6.45, 7) is 12.3. The number of para-hydroxylation sites is 1. The number of nitrogens with zero attached hydrogens (tertiary/aromatic N) is 1. The van der Waals surface area contributed by atoms with Gasteiger partial charge in [0.2, 0.25) is 0 Å². The molecule has 0 fully saturated rings. The first kappa shape index (κ1) is 16.0. The molecule has 0 spiro atoms. The SMILES string of the molecule is CCCNC(C)CCCN(CC)c1ccccc1C. The highest BCUT2D eigenvalue weighted by atomic mass is 15.1. The van der Waals surface area contributed by atoms with Crippen LogP contribution in [-0.4, -0.2) is 25.7 Å². The van der Waals surface area contributed by atoms with Gasteiger partial charge in [0.25, 0.3) is 0 Å². The summed E-state index contributed by atoms with van der Waals surface area (Å²) >= 11 is 0. The third-order valence-corrected chi connectivity index (χ3v) is 3.65. The van der Waals surface area contributed by atoms with Crippen molar-refractivity contribution in [1.29, 1.82) is 0 Å². The number of benzene rings is 1. The molecule has 2 heteroatoms. The van der Waals surface area contributed by atoms with Crippen LogP contribution in [-0.2, 0) is 0 Å². The van der Waals surface area contributed by atoms with Crippen molar-refractivity contribution in [2.45, 2.75) is 53.0 Å². The summed E-state index contributed by atoms with van der Waals surface area (Å²) in [5, 5.41) is 3.56. The first-order chi connectivity index (χ1) is 9.19. The van der Waals surface area contributed by atoms with Crippen LogP contribution < -0.4 is 10.2 Å². The molecule has 19 heavy (non-hydrogen) atoms. The molecule has 1 aromatic rings. The molecule has 0 saturated carbocycles. The first-order valence-electron chi connectivity index (χ1n) is 7.73. The lowest BCUT2D eigenvalue weighted by molar-refractivity contribution is 0.497. The number of hydrogen-bond donors (Lipinski definition) is 1. The van der Waals surface area contributed by atoms with Crippen molar-refractivity contribution >= 4 is 5.69 Å². The van der Waals surface area contributed by atoms with Crippen molar-refractivity contribution in [2.24, 2.45) is 0 Å². The van der Waals surface area contributed by atoms with E-state index in [2.05, 4.69) is 62.2 Å². The van der Waals surface area contributed by atoms with E-state index in [0.717, 1.165) is 19.6 Å². The van der Waals surface area contributed by atoms with Gasteiger partial charge in [-0.2, -0.15) is 0 Å². The van der Waals surface area contributed by atoms with Crippen LogP contribution in [0.3, 0.4) is 0 Å². The molecule has 0 aliphatic rings. The van der Waals surface area contributed by atoms with Crippen LogP contribution in [0.5, 0.6) is 0 Å². The Morgan fingerprint density at radius 1 is 1.21 bits per heavy atom. The Balaban J connectivity index is 2.39. The fraction of sp³-hybridized carbons (Fsp3) is 0.647. The predicted molar refractivity (Wildman–Crippen MR) is 86.1 cm³/mol. The van der Waals surface area contributed by atoms with Crippen LogP contribution >= 0.6 is 0 Å². The largest absolute Gasteiger partial charge is 0.372 e. The van der Waals surface area contributed by atoms with E-state index in [0.29, 0.717) is 6.04 Å². The molecule has 0 aliphatic carbocycles. The molecule has 1 atom stereocenters. The van der Waals surface area contributed by atoms with Crippen molar-refractivity contribution in [3.8, 4) is 0 Å². The maximum Gasteiger partial charge on any atom is 0.0395 e. The maximum atomic E-state index is 3.56. The van der Waals surface area contributed by atoms with Gasteiger partial charge in [-0.1, -0.05) is 25.1 Å². The molecular formula is C17H30N2. The van der Waals surface area contributed by atoms with Crippen LogP contribution in [0.1, 0.15) is 45.6 Å². The van der Waals surface area contributed by atoms with Crippen molar-refractivity contribution in [3.63, 3.8) is 0 Å². The standard InChI is InChI=1S/C17H30N2/c1-5-13-18-16(4)11-9-14-19(6-2)17-12-8-7-10-15(17)3/h7-8,10,12,16,18H,5-6,9,11,13-14H2,1-4H3. The normalized spacial score (nSPS) is 12.4. The second-order valence-electron chi connectivity index (χ2n) is 5.36. The third kappa shape index (κ3) is 5.65. The molecule has 0 heterocycles. The topological polar surface area (TPSA) is 15.3 Å². The monoisotopic (exact) mass is 262 g/mol. The van der Waals surface area contributed by atoms with Gasteiger partial charge in [-0.05, 0) is 58.2 Å². The van der Waals surface area contributed by atoms with E-state index in [9.17, 15) is 0 Å². The summed E-state index contributed by atoms with van der Waals surface area (Å²) in [5.74, 6) is 0. The highest BCUT2D eigenvalue weighted by molar-refractivity contribution is 5.52. The molecule has 0 aliphatic heterocycles. The molecule has 1 aromatic carbocycles. The lowest BCUT2D eigenvalue weighted by Crippen LogP contribution is -2.29. The Kier molecular flexibility index (Phi) is 7.57. The second-order valence-corrected chi connectivity index (χ2v) is 5.36. The summed E-state index contributed by atoms with van der Waals surface area (Å²) in [7, 11) is 0. The van der Waals surface area contributed by atoms with E-state index in [1.54, 1.807) is 0 Å². The second kappa shape index (κ2) is 8.98. The molecular weight excluding hydrogens is 232 g/mol. The quantitative estimate of drug-likeness (QED) is 0.724. The van der Waals surface area contributed by atoms with Crippen molar-refractivity contribution in [2.75, 3.05) is 24.5 Å². The van der Waals surface area contributed by atoms with E-state index in [1.165, 1.54) is 30.5 Å².